The predicted molar refractivity (Wildman–Crippen MR) is 96.1 cm³/mol. The maximum absolute atomic E-state index is 13.0. The number of nitrogens with zero attached hydrogens (tertiary/aromatic N) is 1. The number of benzene rings is 1. The zero-order valence-electron chi connectivity index (χ0n) is 14.8. The Labute approximate surface area is 149 Å². The van der Waals surface area contributed by atoms with Crippen LogP contribution in [0.25, 0.3) is 0 Å². The Bertz CT molecular complexity index is 747. The van der Waals surface area contributed by atoms with Crippen molar-refractivity contribution >= 4 is 21.6 Å². The summed E-state index contributed by atoms with van der Waals surface area (Å²) in [4.78, 5) is 11.5. The largest absolute Gasteiger partial charge is 0.495 e. The Kier molecular flexibility index (Phi) is 5.34. The number of sulfonamides is 1. The van der Waals surface area contributed by atoms with Crippen LogP contribution in [0.15, 0.2) is 23.1 Å². The van der Waals surface area contributed by atoms with E-state index < -0.39 is 10.0 Å². The average Bonchev–Trinajstić information content (AvgIpc) is 2.61. The minimum absolute atomic E-state index is 0.215. The summed E-state index contributed by atoms with van der Waals surface area (Å²) in [6.45, 7) is 2.60. The van der Waals surface area contributed by atoms with Crippen LogP contribution in [0.4, 0.5) is 5.69 Å². The number of methoxy groups -OCH3 is 1. The van der Waals surface area contributed by atoms with Gasteiger partial charge in [0, 0.05) is 26.1 Å². The van der Waals surface area contributed by atoms with Crippen LogP contribution in [0.3, 0.4) is 0 Å². The van der Waals surface area contributed by atoms with Crippen molar-refractivity contribution in [1.82, 2.24) is 4.31 Å². The molecule has 1 amide bonds. The first-order valence-corrected chi connectivity index (χ1v) is 10.3. The summed E-state index contributed by atoms with van der Waals surface area (Å²) in [6, 6.07) is 4.62. The first kappa shape index (κ1) is 18.2. The summed E-state index contributed by atoms with van der Waals surface area (Å²) in [5.41, 5.74) is 0.472. The Morgan fingerprint density at radius 3 is 2.60 bits per heavy atom. The van der Waals surface area contributed by atoms with E-state index in [-0.39, 0.29) is 10.8 Å². The van der Waals surface area contributed by atoms with Gasteiger partial charge in [0.1, 0.15) is 5.75 Å². The molecule has 0 spiro atoms. The minimum Gasteiger partial charge on any atom is -0.495 e. The van der Waals surface area contributed by atoms with Crippen molar-refractivity contribution in [1.29, 1.82) is 0 Å². The van der Waals surface area contributed by atoms with Gasteiger partial charge in [0.15, 0.2) is 0 Å². The number of fused-ring (bicyclic) bond motifs is 1. The first-order chi connectivity index (χ1) is 11.9. The molecule has 6 nitrogen and oxygen atoms in total. The molecule has 1 N–H and O–H groups in total. The molecule has 1 saturated heterocycles. The predicted octanol–water partition coefficient (Wildman–Crippen LogP) is 2.85. The van der Waals surface area contributed by atoms with Crippen LogP contribution in [0, 0.1) is 11.8 Å². The second-order valence-corrected chi connectivity index (χ2v) is 8.94. The monoisotopic (exact) mass is 366 g/mol. The molecule has 0 radical (unpaired) electrons. The molecule has 138 valence electrons. The van der Waals surface area contributed by atoms with Gasteiger partial charge in [-0.1, -0.05) is 19.3 Å². The molecule has 1 aromatic rings. The molecule has 2 fully saturated rings. The first-order valence-electron chi connectivity index (χ1n) is 8.87. The number of ether oxygens (including phenoxy) is 1. The highest BCUT2D eigenvalue weighted by molar-refractivity contribution is 7.89. The second kappa shape index (κ2) is 7.33. The Morgan fingerprint density at radius 2 is 1.92 bits per heavy atom. The molecule has 0 aromatic heterocycles. The van der Waals surface area contributed by atoms with Crippen molar-refractivity contribution < 1.29 is 17.9 Å². The maximum Gasteiger partial charge on any atom is 0.243 e. The summed E-state index contributed by atoms with van der Waals surface area (Å²) in [6.07, 6.45) is 5.79. The van der Waals surface area contributed by atoms with Gasteiger partial charge in [-0.2, -0.15) is 4.31 Å². The van der Waals surface area contributed by atoms with Gasteiger partial charge in [-0.3, -0.25) is 4.79 Å². The lowest BCUT2D eigenvalue weighted by Gasteiger charge is -2.40. The summed E-state index contributed by atoms with van der Waals surface area (Å²) in [5, 5.41) is 2.65. The lowest BCUT2D eigenvalue weighted by molar-refractivity contribution is -0.114. The van der Waals surface area contributed by atoms with E-state index in [1.165, 1.54) is 45.4 Å². The van der Waals surface area contributed by atoms with E-state index >= 15 is 0 Å². The normalized spacial score (nSPS) is 24.4. The summed E-state index contributed by atoms with van der Waals surface area (Å²) >= 11 is 0. The SMILES string of the molecule is COc1cc(S(=O)(=O)N2CC[C@H]3CCCC[C@@H]3C2)ccc1NC(C)=O. The highest BCUT2D eigenvalue weighted by Crippen LogP contribution is 2.38. The molecule has 1 aliphatic heterocycles. The number of anilines is 1. The summed E-state index contributed by atoms with van der Waals surface area (Å²) in [7, 11) is -2.09. The quantitative estimate of drug-likeness (QED) is 0.889. The van der Waals surface area contributed by atoms with Crippen molar-refractivity contribution in [2.45, 2.75) is 43.9 Å². The minimum atomic E-state index is -3.55. The van der Waals surface area contributed by atoms with Gasteiger partial charge in [0.25, 0.3) is 0 Å². The number of carbonyl (C=O) groups excluding carboxylic acids is 1. The molecular formula is C18H26N2O4S. The topological polar surface area (TPSA) is 75.7 Å². The van der Waals surface area contributed by atoms with Crippen molar-refractivity contribution in [2.75, 3.05) is 25.5 Å². The number of carbonyl (C=O) groups is 1. The highest BCUT2D eigenvalue weighted by Gasteiger charge is 2.36. The fourth-order valence-electron chi connectivity index (χ4n) is 4.06. The van der Waals surface area contributed by atoms with Crippen LogP contribution in [-0.2, 0) is 14.8 Å². The molecular weight excluding hydrogens is 340 g/mol. The van der Waals surface area contributed by atoms with Gasteiger partial charge in [-0.25, -0.2) is 8.42 Å². The third-order valence-electron chi connectivity index (χ3n) is 5.38. The Hall–Kier alpha value is -1.60. The third kappa shape index (κ3) is 3.82. The van der Waals surface area contributed by atoms with E-state index in [9.17, 15) is 13.2 Å². The van der Waals surface area contributed by atoms with Gasteiger partial charge < -0.3 is 10.1 Å². The van der Waals surface area contributed by atoms with Crippen LogP contribution in [0.1, 0.15) is 39.0 Å². The molecule has 2 aliphatic rings. The number of rotatable bonds is 4. The van der Waals surface area contributed by atoms with Gasteiger partial charge >= 0.3 is 0 Å². The molecule has 3 rings (SSSR count). The molecule has 25 heavy (non-hydrogen) atoms. The van der Waals surface area contributed by atoms with E-state index in [2.05, 4.69) is 5.32 Å². The molecule has 7 heteroatoms. The number of piperidine rings is 1. The molecule has 2 atom stereocenters. The standard InChI is InChI=1S/C18H26N2O4S/c1-13(21)19-17-8-7-16(11-18(17)24-2)25(22,23)20-10-9-14-5-3-4-6-15(14)12-20/h7-8,11,14-15H,3-6,9-10,12H2,1-2H3,(H,19,21)/t14-,15-/m1/s1. The van der Waals surface area contributed by atoms with E-state index in [0.717, 1.165) is 12.8 Å². The van der Waals surface area contributed by atoms with Gasteiger partial charge in [0.05, 0.1) is 17.7 Å². The zero-order chi connectivity index (χ0) is 18.0. The van der Waals surface area contributed by atoms with Crippen molar-refractivity contribution in [3.8, 4) is 5.75 Å². The summed E-state index contributed by atoms with van der Waals surface area (Å²) in [5.74, 6) is 1.28. The fraction of sp³-hybridized carbons (Fsp3) is 0.611. The van der Waals surface area contributed by atoms with Crippen LogP contribution in [-0.4, -0.2) is 38.8 Å². The number of hydrogen-bond acceptors (Lipinski definition) is 4. The van der Waals surface area contributed by atoms with E-state index in [1.807, 2.05) is 0 Å². The zero-order valence-corrected chi connectivity index (χ0v) is 15.6. The van der Waals surface area contributed by atoms with Crippen LogP contribution in [0.5, 0.6) is 5.75 Å². The number of hydrogen-bond donors (Lipinski definition) is 1. The molecule has 1 aromatic carbocycles. The molecule has 0 unspecified atom stereocenters. The Balaban J connectivity index is 1.83. The second-order valence-electron chi connectivity index (χ2n) is 7.00. The van der Waals surface area contributed by atoms with Crippen LogP contribution < -0.4 is 10.1 Å². The fourth-order valence-corrected chi connectivity index (χ4v) is 5.59. The number of nitrogens with one attached hydrogen (secondary N) is 1. The van der Waals surface area contributed by atoms with Gasteiger partial charge in [-0.05, 0) is 36.8 Å². The Morgan fingerprint density at radius 1 is 1.20 bits per heavy atom. The smallest absolute Gasteiger partial charge is 0.243 e. The van der Waals surface area contributed by atoms with Crippen LogP contribution >= 0.6 is 0 Å². The van der Waals surface area contributed by atoms with Crippen molar-refractivity contribution in [2.24, 2.45) is 11.8 Å². The van der Waals surface area contributed by atoms with Gasteiger partial charge in [0.2, 0.25) is 15.9 Å². The van der Waals surface area contributed by atoms with Crippen molar-refractivity contribution in [3.63, 3.8) is 0 Å². The summed E-state index contributed by atoms with van der Waals surface area (Å²) < 4.78 is 33.0. The van der Waals surface area contributed by atoms with Gasteiger partial charge in [-0.15, -0.1) is 0 Å². The highest BCUT2D eigenvalue weighted by atomic mass is 32.2. The molecule has 1 heterocycles. The molecule has 1 aliphatic carbocycles. The molecule has 0 bridgehead atoms. The lowest BCUT2D eigenvalue weighted by Crippen LogP contribution is -2.44. The maximum atomic E-state index is 13.0. The third-order valence-corrected chi connectivity index (χ3v) is 7.24. The van der Waals surface area contributed by atoms with E-state index in [1.54, 1.807) is 10.4 Å². The lowest BCUT2D eigenvalue weighted by atomic mass is 9.76. The molecule has 1 saturated carbocycles. The van der Waals surface area contributed by atoms with Crippen LogP contribution in [0.2, 0.25) is 0 Å². The number of amides is 1. The van der Waals surface area contributed by atoms with E-state index in [0.29, 0.717) is 36.4 Å². The van der Waals surface area contributed by atoms with E-state index in [4.69, 9.17) is 4.74 Å². The average molecular weight is 366 g/mol. The van der Waals surface area contributed by atoms with Crippen molar-refractivity contribution in [3.05, 3.63) is 18.2 Å².